The summed E-state index contributed by atoms with van der Waals surface area (Å²) in [5, 5.41) is 3.43. The van der Waals surface area contributed by atoms with Crippen molar-refractivity contribution in [3.8, 4) is 11.1 Å². The van der Waals surface area contributed by atoms with Gasteiger partial charge in [0.2, 0.25) is 0 Å². The van der Waals surface area contributed by atoms with Crippen LogP contribution in [0.15, 0.2) is 60.7 Å². The van der Waals surface area contributed by atoms with Gasteiger partial charge in [-0.25, -0.2) is 0 Å². The molecule has 0 amide bonds. The molecule has 2 rings (SSSR count). The molecule has 0 aliphatic carbocycles. The van der Waals surface area contributed by atoms with Crippen LogP contribution in [-0.4, -0.2) is 13.1 Å². The second-order valence-electron chi connectivity index (χ2n) is 5.37. The lowest BCUT2D eigenvalue weighted by Crippen LogP contribution is -2.15. The highest BCUT2D eigenvalue weighted by Crippen LogP contribution is 2.22. The van der Waals surface area contributed by atoms with Gasteiger partial charge in [0.1, 0.15) is 0 Å². The van der Waals surface area contributed by atoms with Crippen molar-refractivity contribution < 1.29 is 0 Å². The first kappa shape index (κ1) is 15.5. The molecule has 0 saturated carbocycles. The molecule has 2 aromatic rings. The van der Waals surface area contributed by atoms with Crippen molar-refractivity contribution in [3.63, 3.8) is 0 Å². The molecule has 0 aliphatic heterocycles. The summed E-state index contributed by atoms with van der Waals surface area (Å²) in [5.41, 5.74) is 5.21. The van der Waals surface area contributed by atoms with Crippen molar-refractivity contribution in [2.45, 2.75) is 26.7 Å². The summed E-state index contributed by atoms with van der Waals surface area (Å²) in [4.78, 5) is 0. The Bertz CT molecular complexity index is 552. The van der Waals surface area contributed by atoms with Crippen LogP contribution >= 0.6 is 0 Å². The third kappa shape index (κ3) is 4.87. The van der Waals surface area contributed by atoms with E-state index in [1.165, 1.54) is 28.7 Å². The normalized spacial score (nSPS) is 11.6. The molecule has 1 N–H and O–H groups in total. The highest BCUT2D eigenvalue weighted by molar-refractivity contribution is 5.69. The van der Waals surface area contributed by atoms with E-state index in [4.69, 9.17) is 0 Å². The Morgan fingerprint density at radius 1 is 0.905 bits per heavy atom. The molecule has 110 valence electrons. The van der Waals surface area contributed by atoms with Crippen molar-refractivity contribution in [2.75, 3.05) is 13.1 Å². The van der Waals surface area contributed by atoms with Crippen LogP contribution in [0.25, 0.3) is 16.7 Å². The van der Waals surface area contributed by atoms with Crippen LogP contribution in [-0.2, 0) is 0 Å². The lowest BCUT2D eigenvalue weighted by atomic mass is 10.0. The fraction of sp³-hybridized carbons (Fsp3) is 0.300. The van der Waals surface area contributed by atoms with Crippen LogP contribution in [0.1, 0.15) is 32.3 Å². The molecule has 0 fully saturated rings. The van der Waals surface area contributed by atoms with Gasteiger partial charge in [0, 0.05) is 0 Å². The highest BCUT2D eigenvalue weighted by atomic mass is 14.8. The Morgan fingerprint density at radius 2 is 1.57 bits per heavy atom. The predicted octanol–water partition coefficient (Wildman–Crippen LogP) is 5.15. The molecule has 1 nitrogen and oxygen atoms in total. The third-order valence-corrected chi connectivity index (χ3v) is 3.65. The van der Waals surface area contributed by atoms with E-state index in [1.807, 2.05) is 0 Å². The van der Waals surface area contributed by atoms with Crippen LogP contribution in [0.3, 0.4) is 0 Å². The zero-order valence-electron chi connectivity index (χ0n) is 13.1. The Labute approximate surface area is 128 Å². The van der Waals surface area contributed by atoms with Crippen LogP contribution < -0.4 is 5.32 Å². The standard InChI is InChI=1S/C20H25N/c1-3-15-21-16-7-8-17(2)18-11-13-20(14-12-18)19-9-5-4-6-10-19/h4-6,8-14,21H,3,7,15-16H2,1-2H3. The summed E-state index contributed by atoms with van der Waals surface area (Å²) in [5.74, 6) is 0. The predicted molar refractivity (Wildman–Crippen MR) is 93.3 cm³/mol. The fourth-order valence-corrected chi connectivity index (χ4v) is 2.37. The number of benzene rings is 2. The number of hydrogen-bond donors (Lipinski definition) is 1. The molecule has 0 aromatic heterocycles. The second-order valence-corrected chi connectivity index (χ2v) is 5.37. The van der Waals surface area contributed by atoms with E-state index in [0.29, 0.717) is 0 Å². The van der Waals surface area contributed by atoms with Crippen LogP contribution in [0.5, 0.6) is 0 Å². The Kier molecular flexibility index (Phi) is 6.23. The smallest absolute Gasteiger partial charge is 0.00141 e. The van der Waals surface area contributed by atoms with Gasteiger partial charge in [-0.1, -0.05) is 67.6 Å². The molecule has 0 saturated heterocycles. The van der Waals surface area contributed by atoms with Crippen molar-refractivity contribution in [1.82, 2.24) is 5.32 Å². The minimum Gasteiger partial charge on any atom is -0.316 e. The number of rotatable bonds is 7. The van der Waals surface area contributed by atoms with Gasteiger partial charge < -0.3 is 5.32 Å². The molecule has 21 heavy (non-hydrogen) atoms. The van der Waals surface area contributed by atoms with Gasteiger partial charge in [0.05, 0.1) is 0 Å². The number of allylic oxidation sites excluding steroid dienone is 1. The van der Waals surface area contributed by atoms with Crippen molar-refractivity contribution >= 4 is 5.57 Å². The lowest BCUT2D eigenvalue weighted by Gasteiger charge is -2.06. The highest BCUT2D eigenvalue weighted by Gasteiger charge is 1.98. The summed E-state index contributed by atoms with van der Waals surface area (Å²) >= 11 is 0. The molecule has 0 aliphatic rings. The SMILES string of the molecule is CCCNCCC=C(C)c1ccc(-c2ccccc2)cc1. The van der Waals surface area contributed by atoms with Gasteiger partial charge in [0.15, 0.2) is 0 Å². The summed E-state index contributed by atoms with van der Waals surface area (Å²) in [6.07, 6.45) is 4.61. The average molecular weight is 279 g/mol. The van der Waals surface area contributed by atoms with Gasteiger partial charge >= 0.3 is 0 Å². The topological polar surface area (TPSA) is 12.0 Å². The molecule has 0 bridgehead atoms. The van der Waals surface area contributed by atoms with E-state index >= 15 is 0 Å². The second kappa shape index (κ2) is 8.43. The molecular formula is C20H25N. The molecule has 1 heteroatoms. The summed E-state index contributed by atoms with van der Waals surface area (Å²) < 4.78 is 0. The van der Waals surface area contributed by atoms with Crippen LogP contribution in [0.2, 0.25) is 0 Å². The van der Waals surface area contributed by atoms with Crippen molar-refractivity contribution in [2.24, 2.45) is 0 Å². The Hall–Kier alpha value is -1.86. The first-order valence-electron chi connectivity index (χ1n) is 7.84. The number of hydrogen-bond acceptors (Lipinski definition) is 1. The molecule has 0 radical (unpaired) electrons. The summed E-state index contributed by atoms with van der Waals surface area (Å²) in [6, 6.07) is 19.4. The summed E-state index contributed by atoms with van der Waals surface area (Å²) in [6.45, 7) is 6.56. The quantitative estimate of drug-likeness (QED) is 0.691. The molecule has 0 atom stereocenters. The van der Waals surface area contributed by atoms with Crippen molar-refractivity contribution in [1.29, 1.82) is 0 Å². The number of nitrogens with one attached hydrogen (secondary N) is 1. The van der Waals surface area contributed by atoms with Crippen molar-refractivity contribution in [3.05, 3.63) is 66.2 Å². The molecule has 2 aromatic carbocycles. The zero-order valence-corrected chi connectivity index (χ0v) is 13.1. The van der Waals surface area contributed by atoms with E-state index in [0.717, 1.165) is 19.5 Å². The van der Waals surface area contributed by atoms with E-state index in [2.05, 4.69) is 79.8 Å². The van der Waals surface area contributed by atoms with E-state index in [1.54, 1.807) is 0 Å². The first-order valence-corrected chi connectivity index (χ1v) is 7.84. The average Bonchev–Trinajstić information content (AvgIpc) is 2.55. The lowest BCUT2D eigenvalue weighted by molar-refractivity contribution is 0.678. The third-order valence-electron chi connectivity index (χ3n) is 3.65. The minimum absolute atomic E-state index is 1.06. The molecule has 0 spiro atoms. The van der Waals surface area contributed by atoms with E-state index < -0.39 is 0 Å². The van der Waals surface area contributed by atoms with Crippen LogP contribution in [0, 0.1) is 0 Å². The maximum Gasteiger partial charge on any atom is -0.00141 e. The molecule has 0 heterocycles. The monoisotopic (exact) mass is 279 g/mol. The van der Waals surface area contributed by atoms with Gasteiger partial charge in [-0.05, 0) is 55.1 Å². The van der Waals surface area contributed by atoms with Gasteiger partial charge in [-0.15, -0.1) is 0 Å². The largest absolute Gasteiger partial charge is 0.316 e. The van der Waals surface area contributed by atoms with E-state index in [9.17, 15) is 0 Å². The summed E-state index contributed by atoms with van der Waals surface area (Å²) in [7, 11) is 0. The molecular weight excluding hydrogens is 254 g/mol. The zero-order chi connectivity index (χ0) is 14.9. The van der Waals surface area contributed by atoms with Crippen LogP contribution in [0.4, 0.5) is 0 Å². The van der Waals surface area contributed by atoms with Gasteiger partial charge in [-0.3, -0.25) is 0 Å². The fourth-order valence-electron chi connectivity index (χ4n) is 2.37. The first-order chi connectivity index (χ1) is 10.3. The minimum atomic E-state index is 1.06. The Balaban J connectivity index is 1.97. The van der Waals surface area contributed by atoms with Gasteiger partial charge in [0.25, 0.3) is 0 Å². The maximum absolute atomic E-state index is 3.43. The van der Waals surface area contributed by atoms with Gasteiger partial charge in [-0.2, -0.15) is 0 Å². The Morgan fingerprint density at radius 3 is 2.24 bits per heavy atom. The van der Waals surface area contributed by atoms with E-state index in [-0.39, 0.29) is 0 Å². The molecule has 0 unspecified atom stereocenters. The maximum atomic E-state index is 3.43.